The third-order valence-electron chi connectivity index (χ3n) is 4.36. The fourth-order valence-electron chi connectivity index (χ4n) is 2.97. The largest absolute Gasteiger partial charge is 0.339 e. The molecule has 0 amide bonds. The summed E-state index contributed by atoms with van der Waals surface area (Å²) in [6, 6.07) is 0.761. The molecule has 0 radical (unpaired) electrons. The summed E-state index contributed by atoms with van der Waals surface area (Å²) < 4.78 is 5.48. The summed E-state index contributed by atoms with van der Waals surface area (Å²) in [5.41, 5.74) is 0. The van der Waals surface area contributed by atoms with E-state index >= 15 is 0 Å². The first-order valence-corrected chi connectivity index (χ1v) is 10.3. The van der Waals surface area contributed by atoms with Crippen LogP contribution >= 0.6 is 23.5 Å². The van der Waals surface area contributed by atoms with E-state index in [-0.39, 0.29) is 0 Å². The maximum Gasteiger partial charge on any atom is 0.229 e. The van der Waals surface area contributed by atoms with Crippen LogP contribution in [-0.2, 0) is 0 Å². The molecule has 2 aliphatic rings. The fraction of sp³-hybridized carbons (Fsp3) is 0.867. The first kappa shape index (κ1) is 15.7. The van der Waals surface area contributed by atoms with Crippen LogP contribution in [0.4, 0.5) is 0 Å². The Morgan fingerprint density at radius 2 is 1.81 bits per heavy atom. The van der Waals surface area contributed by atoms with Gasteiger partial charge < -0.3 is 4.52 Å². The number of thioether (sulfide) groups is 2. The van der Waals surface area contributed by atoms with Gasteiger partial charge in [-0.05, 0) is 25.9 Å². The molecule has 0 aliphatic carbocycles. The van der Waals surface area contributed by atoms with Crippen molar-refractivity contribution < 1.29 is 4.52 Å². The Labute approximate surface area is 135 Å². The molecule has 1 aromatic rings. The number of likely N-dealkylation sites (tertiary alicyclic amines) is 1. The minimum atomic E-state index is 0.350. The van der Waals surface area contributed by atoms with Gasteiger partial charge >= 0.3 is 0 Å². The van der Waals surface area contributed by atoms with Gasteiger partial charge in [-0.3, -0.25) is 4.90 Å². The van der Waals surface area contributed by atoms with E-state index in [1.807, 2.05) is 0 Å². The van der Waals surface area contributed by atoms with Crippen LogP contribution in [0.5, 0.6) is 0 Å². The molecular formula is C15H25N3OS2. The number of piperidine rings is 1. The zero-order valence-electron chi connectivity index (χ0n) is 13.0. The van der Waals surface area contributed by atoms with Gasteiger partial charge in [0, 0.05) is 40.9 Å². The van der Waals surface area contributed by atoms with Gasteiger partial charge in [0.05, 0.1) is 0 Å². The smallest absolute Gasteiger partial charge is 0.229 e. The fourth-order valence-corrected chi connectivity index (χ4v) is 5.60. The molecule has 0 N–H and O–H groups in total. The minimum absolute atomic E-state index is 0.350. The van der Waals surface area contributed by atoms with Crippen molar-refractivity contribution in [3.05, 3.63) is 11.7 Å². The third-order valence-corrected chi connectivity index (χ3v) is 6.85. The van der Waals surface area contributed by atoms with Gasteiger partial charge in [-0.2, -0.15) is 28.5 Å². The van der Waals surface area contributed by atoms with Crippen molar-refractivity contribution in [2.75, 3.05) is 36.1 Å². The lowest BCUT2D eigenvalue weighted by Gasteiger charge is -2.35. The van der Waals surface area contributed by atoms with E-state index in [1.54, 1.807) is 0 Å². The average molecular weight is 328 g/mol. The van der Waals surface area contributed by atoms with Crippen molar-refractivity contribution in [2.24, 2.45) is 0 Å². The monoisotopic (exact) mass is 327 g/mol. The van der Waals surface area contributed by atoms with E-state index in [0.29, 0.717) is 11.8 Å². The zero-order valence-corrected chi connectivity index (χ0v) is 14.6. The Bertz CT molecular complexity index is 436. The summed E-state index contributed by atoms with van der Waals surface area (Å²) in [7, 11) is 0. The SMILES string of the molecule is CC(C)c1noc(C2CCN(C3CSCCSC3)CC2)n1. The molecule has 118 valence electrons. The number of rotatable bonds is 3. The van der Waals surface area contributed by atoms with Crippen molar-refractivity contribution in [2.45, 2.75) is 44.6 Å². The average Bonchev–Trinajstić information content (AvgIpc) is 2.84. The van der Waals surface area contributed by atoms with Gasteiger partial charge in [0.25, 0.3) is 0 Å². The predicted molar refractivity (Wildman–Crippen MR) is 90.4 cm³/mol. The van der Waals surface area contributed by atoms with Crippen LogP contribution in [-0.4, -0.2) is 57.2 Å². The molecule has 0 spiro atoms. The summed E-state index contributed by atoms with van der Waals surface area (Å²) in [5, 5.41) is 4.11. The van der Waals surface area contributed by atoms with Gasteiger partial charge in [0.15, 0.2) is 5.82 Å². The molecular weight excluding hydrogens is 302 g/mol. The van der Waals surface area contributed by atoms with Crippen LogP contribution in [0.3, 0.4) is 0 Å². The number of aromatic nitrogens is 2. The van der Waals surface area contributed by atoms with Crippen LogP contribution < -0.4 is 0 Å². The molecule has 0 unspecified atom stereocenters. The molecule has 2 aliphatic heterocycles. The van der Waals surface area contributed by atoms with Crippen LogP contribution in [0.25, 0.3) is 0 Å². The summed E-state index contributed by atoms with van der Waals surface area (Å²) in [4.78, 5) is 7.26. The number of hydrogen-bond acceptors (Lipinski definition) is 6. The van der Waals surface area contributed by atoms with Crippen molar-refractivity contribution in [1.82, 2.24) is 15.0 Å². The molecule has 0 atom stereocenters. The molecule has 3 rings (SSSR count). The molecule has 2 saturated heterocycles. The Hall–Kier alpha value is -0.200. The highest BCUT2D eigenvalue weighted by Gasteiger charge is 2.29. The highest BCUT2D eigenvalue weighted by molar-refractivity contribution is 8.03. The summed E-state index contributed by atoms with van der Waals surface area (Å²) in [6.07, 6.45) is 2.32. The van der Waals surface area contributed by atoms with E-state index in [9.17, 15) is 0 Å². The Morgan fingerprint density at radius 1 is 1.14 bits per heavy atom. The van der Waals surface area contributed by atoms with E-state index in [1.165, 1.54) is 36.1 Å². The van der Waals surface area contributed by atoms with Gasteiger partial charge in [0.1, 0.15) is 0 Å². The summed E-state index contributed by atoms with van der Waals surface area (Å²) in [5.74, 6) is 7.77. The van der Waals surface area contributed by atoms with Crippen LogP contribution in [0.15, 0.2) is 4.52 Å². The van der Waals surface area contributed by atoms with E-state index in [2.05, 4.69) is 52.4 Å². The molecule has 3 heterocycles. The lowest BCUT2D eigenvalue weighted by atomic mass is 9.96. The second-order valence-electron chi connectivity index (χ2n) is 6.26. The highest BCUT2D eigenvalue weighted by atomic mass is 32.2. The van der Waals surface area contributed by atoms with Crippen molar-refractivity contribution in [1.29, 1.82) is 0 Å². The van der Waals surface area contributed by atoms with Crippen molar-refractivity contribution >= 4 is 23.5 Å². The quantitative estimate of drug-likeness (QED) is 0.849. The maximum atomic E-state index is 5.48. The normalized spacial score (nSPS) is 23.6. The Kier molecular flexibility index (Phi) is 5.51. The van der Waals surface area contributed by atoms with Gasteiger partial charge in [-0.15, -0.1) is 0 Å². The minimum Gasteiger partial charge on any atom is -0.339 e. The topological polar surface area (TPSA) is 42.2 Å². The Morgan fingerprint density at radius 3 is 2.38 bits per heavy atom. The molecule has 0 aromatic carbocycles. The molecule has 0 bridgehead atoms. The number of hydrogen-bond donors (Lipinski definition) is 0. The van der Waals surface area contributed by atoms with E-state index in [4.69, 9.17) is 4.52 Å². The lowest BCUT2D eigenvalue weighted by Crippen LogP contribution is -2.43. The number of nitrogens with zero attached hydrogens (tertiary/aromatic N) is 3. The Balaban J connectivity index is 1.54. The molecule has 6 heteroatoms. The van der Waals surface area contributed by atoms with Gasteiger partial charge in [-0.1, -0.05) is 19.0 Å². The van der Waals surface area contributed by atoms with Gasteiger partial charge in [0.2, 0.25) is 5.89 Å². The first-order chi connectivity index (χ1) is 10.2. The van der Waals surface area contributed by atoms with Crippen LogP contribution in [0.2, 0.25) is 0 Å². The van der Waals surface area contributed by atoms with Crippen LogP contribution in [0.1, 0.15) is 50.2 Å². The summed E-state index contributed by atoms with van der Waals surface area (Å²) >= 11 is 4.24. The molecule has 1 aromatic heterocycles. The molecule has 2 fully saturated rings. The second-order valence-corrected chi connectivity index (χ2v) is 8.56. The second kappa shape index (κ2) is 7.38. The predicted octanol–water partition coefficient (Wildman–Crippen LogP) is 3.22. The van der Waals surface area contributed by atoms with Crippen molar-refractivity contribution in [3.63, 3.8) is 0 Å². The van der Waals surface area contributed by atoms with E-state index < -0.39 is 0 Å². The third kappa shape index (κ3) is 3.96. The maximum absolute atomic E-state index is 5.48. The van der Waals surface area contributed by atoms with E-state index in [0.717, 1.165) is 30.6 Å². The summed E-state index contributed by atoms with van der Waals surface area (Å²) in [6.45, 7) is 6.57. The van der Waals surface area contributed by atoms with Crippen molar-refractivity contribution in [3.8, 4) is 0 Å². The van der Waals surface area contributed by atoms with Gasteiger partial charge in [-0.25, -0.2) is 0 Å². The standard InChI is InChI=1S/C15H25N3OS2/c1-11(2)14-16-15(19-17-14)12-3-5-18(6-4-12)13-9-20-7-8-21-10-13/h11-13H,3-10H2,1-2H3. The molecule has 0 saturated carbocycles. The lowest BCUT2D eigenvalue weighted by molar-refractivity contribution is 0.164. The molecule has 21 heavy (non-hydrogen) atoms. The first-order valence-electron chi connectivity index (χ1n) is 7.97. The van der Waals surface area contributed by atoms with Crippen LogP contribution in [0, 0.1) is 0 Å². The molecule has 4 nitrogen and oxygen atoms in total. The highest BCUT2D eigenvalue weighted by Crippen LogP contribution is 2.30. The zero-order chi connectivity index (χ0) is 14.7.